The van der Waals surface area contributed by atoms with Crippen molar-refractivity contribution in [2.45, 2.75) is 22.8 Å². The van der Waals surface area contributed by atoms with Crippen LogP contribution in [0.4, 0.5) is 0 Å². The van der Waals surface area contributed by atoms with E-state index in [2.05, 4.69) is 4.98 Å². The number of hydrogen-bond donors (Lipinski definition) is 2. The number of aliphatic carboxylic acids is 1. The molecule has 0 spiro atoms. The van der Waals surface area contributed by atoms with Gasteiger partial charge in [0.25, 0.3) is 0 Å². The van der Waals surface area contributed by atoms with Gasteiger partial charge in [0, 0.05) is 0 Å². The van der Waals surface area contributed by atoms with E-state index in [4.69, 9.17) is 10.2 Å². The van der Waals surface area contributed by atoms with Crippen LogP contribution in [0.1, 0.15) is 23.8 Å². The first kappa shape index (κ1) is 12.0. The van der Waals surface area contributed by atoms with Gasteiger partial charge < -0.3 is 10.2 Å². The van der Waals surface area contributed by atoms with Crippen LogP contribution in [0.5, 0.6) is 0 Å². The second kappa shape index (κ2) is 5.13. The molecule has 1 heterocycles. The highest BCUT2D eigenvalue weighted by Gasteiger charge is 2.22. The maximum atomic E-state index is 10.8. The lowest BCUT2D eigenvalue weighted by atomic mass is 10.3. The van der Waals surface area contributed by atoms with Gasteiger partial charge in [0.05, 0.1) is 9.72 Å². The summed E-state index contributed by atoms with van der Waals surface area (Å²) in [5.41, 5.74) is 1.34. The van der Waals surface area contributed by atoms with Crippen LogP contribution in [-0.2, 0) is 4.79 Å². The van der Waals surface area contributed by atoms with Crippen molar-refractivity contribution < 1.29 is 19.8 Å². The van der Waals surface area contributed by atoms with E-state index in [0.29, 0.717) is 10.6 Å². The Bertz CT molecular complexity index is 376. The van der Waals surface area contributed by atoms with Crippen molar-refractivity contribution in [3.8, 4) is 0 Å². The lowest BCUT2D eigenvalue weighted by molar-refractivity contribution is -0.136. The predicted molar refractivity (Wildman–Crippen MR) is 56.6 cm³/mol. The molecule has 0 radical (unpaired) electrons. The molecule has 0 saturated heterocycles. The minimum atomic E-state index is -1.13. The van der Waals surface area contributed by atoms with Crippen molar-refractivity contribution in [1.29, 1.82) is 0 Å². The fourth-order valence-electron chi connectivity index (χ4n) is 0.899. The van der Waals surface area contributed by atoms with Crippen molar-refractivity contribution in [2.24, 2.45) is 0 Å². The first-order valence-electron chi connectivity index (χ1n) is 4.12. The predicted octanol–water partition coefficient (Wildman–Crippen LogP) is 1.80. The molecule has 1 aromatic rings. The zero-order chi connectivity index (χ0) is 11.4. The van der Waals surface area contributed by atoms with Gasteiger partial charge in [-0.1, -0.05) is 18.7 Å². The lowest BCUT2D eigenvalue weighted by Gasteiger charge is -2.07. The molecular weight excluding hydrogens is 238 g/mol. The molecule has 5 nitrogen and oxygen atoms in total. The zero-order valence-corrected chi connectivity index (χ0v) is 9.47. The minimum absolute atomic E-state index is 0.0651. The number of rotatable bonds is 5. The van der Waals surface area contributed by atoms with Crippen LogP contribution in [-0.4, -0.2) is 32.4 Å². The third kappa shape index (κ3) is 2.93. The van der Waals surface area contributed by atoms with Gasteiger partial charge in [0.15, 0.2) is 5.69 Å². The molecule has 0 fully saturated rings. The van der Waals surface area contributed by atoms with Crippen LogP contribution >= 0.6 is 23.1 Å². The number of thiazole rings is 1. The summed E-state index contributed by atoms with van der Waals surface area (Å²) in [5.74, 6) is -2.06. The summed E-state index contributed by atoms with van der Waals surface area (Å²) in [6.07, 6.45) is 0.441. The molecule has 0 bridgehead atoms. The summed E-state index contributed by atoms with van der Waals surface area (Å²) in [6, 6.07) is 0. The molecule has 0 amide bonds. The van der Waals surface area contributed by atoms with Gasteiger partial charge >= 0.3 is 11.9 Å². The van der Waals surface area contributed by atoms with Gasteiger partial charge in [0.1, 0.15) is 5.25 Å². The molecule has 1 rings (SSSR count). The van der Waals surface area contributed by atoms with Crippen LogP contribution < -0.4 is 0 Å². The highest BCUT2D eigenvalue weighted by Crippen LogP contribution is 2.31. The Labute approximate surface area is 94.2 Å². The van der Waals surface area contributed by atoms with Gasteiger partial charge in [-0.2, -0.15) is 0 Å². The first-order chi connectivity index (χ1) is 7.06. The molecule has 82 valence electrons. The number of carboxylic acid groups (broad SMARTS) is 2. The third-order valence-corrected chi connectivity index (χ3v) is 4.06. The average molecular weight is 247 g/mol. The third-order valence-electron chi connectivity index (χ3n) is 1.63. The molecule has 0 aromatic carbocycles. The van der Waals surface area contributed by atoms with Crippen LogP contribution in [0.25, 0.3) is 0 Å². The van der Waals surface area contributed by atoms with Gasteiger partial charge in [-0.3, -0.25) is 4.79 Å². The molecular formula is C8H9NO4S2. The number of carbonyl (C=O) groups is 2. The Morgan fingerprint density at radius 3 is 2.73 bits per heavy atom. The number of thioether (sulfide) groups is 1. The molecule has 2 N–H and O–H groups in total. The van der Waals surface area contributed by atoms with Crippen LogP contribution in [0.2, 0.25) is 0 Å². The average Bonchev–Trinajstić information content (AvgIpc) is 2.61. The minimum Gasteiger partial charge on any atom is -0.480 e. The summed E-state index contributed by atoms with van der Waals surface area (Å²) in [6.45, 7) is 1.74. The Hall–Kier alpha value is -1.08. The van der Waals surface area contributed by atoms with E-state index < -0.39 is 17.2 Å². The Kier molecular flexibility index (Phi) is 4.10. The zero-order valence-electron chi connectivity index (χ0n) is 7.84. The van der Waals surface area contributed by atoms with E-state index in [9.17, 15) is 9.59 Å². The number of carboxylic acids is 2. The maximum absolute atomic E-state index is 10.8. The van der Waals surface area contributed by atoms with E-state index in [1.165, 1.54) is 5.51 Å². The quantitative estimate of drug-likeness (QED) is 0.771. The smallest absolute Gasteiger partial charge is 0.356 e. The SMILES string of the molecule is CCC(Sc1scnc1C(=O)O)C(=O)O. The molecule has 0 saturated carbocycles. The van der Waals surface area contributed by atoms with E-state index in [1.807, 2.05) is 0 Å². The summed E-state index contributed by atoms with van der Waals surface area (Å²) in [5, 5.41) is 17.0. The highest BCUT2D eigenvalue weighted by atomic mass is 32.2. The number of nitrogens with zero attached hydrogens (tertiary/aromatic N) is 1. The number of hydrogen-bond acceptors (Lipinski definition) is 5. The van der Waals surface area contributed by atoms with Crippen LogP contribution in [0.15, 0.2) is 9.72 Å². The second-order valence-corrected chi connectivity index (χ2v) is 4.97. The number of aromatic carboxylic acids is 1. The largest absolute Gasteiger partial charge is 0.480 e. The molecule has 0 aliphatic carbocycles. The monoisotopic (exact) mass is 247 g/mol. The van der Waals surface area contributed by atoms with Crippen molar-refractivity contribution in [1.82, 2.24) is 4.98 Å². The van der Waals surface area contributed by atoms with Crippen molar-refractivity contribution >= 4 is 35.0 Å². The number of aromatic nitrogens is 1. The summed E-state index contributed by atoms with van der Waals surface area (Å²) in [4.78, 5) is 25.1. The maximum Gasteiger partial charge on any atom is 0.356 e. The second-order valence-electron chi connectivity index (χ2n) is 2.65. The van der Waals surface area contributed by atoms with E-state index in [1.54, 1.807) is 6.92 Å². The van der Waals surface area contributed by atoms with Crippen LogP contribution in [0.3, 0.4) is 0 Å². The summed E-state index contributed by atoms with van der Waals surface area (Å²) >= 11 is 2.18. The molecule has 7 heteroatoms. The summed E-state index contributed by atoms with van der Waals surface area (Å²) in [7, 11) is 0. The van der Waals surface area contributed by atoms with Gasteiger partial charge in [-0.15, -0.1) is 11.3 Å². The normalized spacial score (nSPS) is 12.3. The van der Waals surface area contributed by atoms with Gasteiger partial charge in [-0.05, 0) is 6.42 Å². The molecule has 1 aromatic heterocycles. The van der Waals surface area contributed by atoms with E-state index >= 15 is 0 Å². The lowest BCUT2D eigenvalue weighted by Crippen LogP contribution is -2.15. The molecule has 0 aliphatic heterocycles. The highest BCUT2D eigenvalue weighted by molar-refractivity contribution is 8.02. The molecule has 15 heavy (non-hydrogen) atoms. The Morgan fingerprint density at radius 2 is 2.27 bits per heavy atom. The fraction of sp³-hybridized carbons (Fsp3) is 0.375. The van der Waals surface area contributed by atoms with Gasteiger partial charge in [-0.25, -0.2) is 9.78 Å². The van der Waals surface area contributed by atoms with E-state index in [-0.39, 0.29) is 5.69 Å². The van der Waals surface area contributed by atoms with Gasteiger partial charge in [0.2, 0.25) is 0 Å². The molecule has 0 aliphatic rings. The summed E-state index contributed by atoms with van der Waals surface area (Å²) < 4.78 is 0.441. The van der Waals surface area contributed by atoms with Crippen LogP contribution in [0, 0.1) is 0 Å². The van der Waals surface area contributed by atoms with E-state index in [0.717, 1.165) is 23.1 Å². The molecule has 1 unspecified atom stereocenters. The van der Waals surface area contributed by atoms with Crippen molar-refractivity contribution in [3.05, 3.63) is 11.2 Å². The fourth-order valence-corrected chi connectivity index (χ4v) is 2.88. The Balaban J connectivity index is 2.83. The first-order valence-corrected chi connectivity index (χ1v) is 5.88. The Morgan fingerprint density at radius 1 is 1.60 bits per heavy atom. The topological polar surface area (TPSA) is 87.5 Å². The van der Waals surface area contributed by atoms with Crippen molar-refractivity contribution in [3.63, 3.8) is 0 Å². The molecule has 1 atom stereocenters. The van der Waals surface area contributed by atoms with Crippen molar-refractivity contribution in [2.75, 3.05) is 0 Å². The standard InChI is InChI=1S/C8H9NO4S2/c1-2-4(6(10)11)15-8-5(7(12)13)9-3-14-8/h3-4H,2H2,1H3,(H,10,11)(H,12,13).